The average Bonchev–Trinajstić information content (AvgIpc) is 2.43. The zero-order chi connectivity index (χ0) is 15.8. The third kappa shape index (κ3) is 16.9. The van der Waals surface area contributed by atoms with Gasteiger partial charge < -0.3 is 10.5 Å². The second kappa shape index (κ2) is 15.3. The minimum absolute atomic E-state index is 0.0851. The van der Waals surface area contributed by atoms with E-state index in [1.54, 1.807) is 0 Å². The van der Waals surface area contributed by atoms with Crippen molar-refractivity contribution in [2.45, 2.75) is 90.4 Å². The molecule has 0 aromatic rings. The maximum Gasteiger partial charge on any atom is 0.313 e. The fraction of sp³-hybridized carbons (Fsp3) is 0.882. The number of nitrogens with two attached hydrogens (primary N) is 1. The van der Waals surface area contributed by atoms with E-state index in [-0.39, 0.29) is 18.2 Å². The lowest BCUT2D eigenvalue weighted by Gasteiger charge is -2.04. The first-order chi connectivity index (χ1) is 10.2. The Morgan fingerprint density at radius 1 is 0.857 bits per heavy atom. The van der Waals surface area contributed by atoms with Crippen molar-refractivity contribution in [2.24, 2.45) is 5.73 Å². The number of carbonyl (C=O) groups is 1. The van der Waals surface area contributed by atoms with Gasteiger partial charge in [0, 0.05) is 0 Å². The van der Waals surface area contributed by atoms with Gasteiger partial charge >= 0.3 is 5.97 Å². The lowest BCUT2D eigenvalue weighted by Crippen LogP contribution is -2.17. The number of rotatable bonds is 15. The van der Waals surface area contributed by atoms with Crippen LogP contribution in [0.2, 0.25) is 0 Å². The molecule has 0 aromatic heterocycles. The summed E-state index contributed by atoms with van der Waals surface area (Å²) in [6.07, 6.45) is 15.4. The van der Waals surface area contributed by atoms with Crippen molar-refractivity contribution < 1.29 is 9.53 Å². The topological polar surface area (TPSA) is 76.2 Å². The molecule has 0 saturated carbocycles. The third-order valence-electron chi connectivity index (χ3n) is 3.60. The van der Waals surface area contributed by atoms with E-state index in [0.29, 0.717) is 6.61 Å². The van der Waals surface area contributed by atoms with Crippen LogP contribution in [0, 0.1) is 5.41 Å². The first-order valence-electron chi connectivity index (χ1n) is 8.65. The van der Waals surface area contributed by atoms with Gasteiger partial charge in [-0.25, -0.2) is 0 Å². The molecule has 0 heterocycles. The Bertz CT molecular complexity index is 268. The number of carbonyl (C=O) groups excluding carboxylic acids is 1. The van der Waals surface area contributed by atoms with Crippen LogP contribution in [0.4, 0.5) is 0 Å². The van der Waals surface area contributed by atoms with Gasteiger partial charge in [-0.05, 0) is 6.42 Å². The summed E-state index contributed by atoms with van der Waals surface area (Å²) in [6.45, 7) is 2.72. The van der Waals surface area contributed by atoms with Gasteiger partial charge in [-0.2, -0.15) is 0 Å². The van der Waals surface area contributed by atoms with E-state index in [0.717, 1.165) is 12.8 Å². The molecule has 21 heavy (non-hydrogen) atoms. The summed E-state index contributed by atoms with van der Waals surface area (Å²) in [4.78, 5) is 11.1. The van der Waals surface area contributed by atoms with Crippen LogP contribution in [-0.4, -0.2) is 18.4 Å². The summed E-state index contributed by atoms with van der Waals surface area (Å²) < 4.78 is 4.98. The zero-order valence-electron chi connectivity index (χ0n) is 13.8. The molecule has 0 rings (SSSR count). The molecule has 0 bridgehead atoms. The van der Waals surface area contributed by atoms with Crippen molar-refractivity contribution in [1.29, 1.82) is 5.41 Å². The van der Waals surface area contributed by atoms with E-state index < -0.39 is 0 Å². The highest BCUT2D eigenvalue weighted by molar-refractivity contribution is 5.94. The van der Waals surface area contributed by atoms with Crippen LogP contribution >= 0.6 is 0 Å². The summed E-state index contributed by atoms with van der Waals surface area (Å²) in [5.74, 6) is -0.514. The molecule has 0 aliphatic heterocycles. The average molecular weight is 298 g/mol. The van der Waals surface area contributed by atoms with Crippen LogP contribution in [0.25, 0.3) is 0 Å². The van der Waals surface area contributed by atoms with Crippen LogP contribution in [0.5, 0.6) is 0 Å². The number of unbranched alkanes of at least 4 members (excludes halogenated alkanes) is 11. The molecule has 4 nitrogen and oxygen atoms in total. The Balaban J connectivity index is 3.09. The summed E-state index contributed by atoms with van der Waals surface area (Å²) >= 11 is 0. The Morgan fingerprint density at radius 2 is 1.29 bits per heavy atom. The van der Waals surface area contributed by atoms with Gasteiger partial charge in [0.2, 0.25) is 0 Å². The largest absolute Gasteiger partial charge is 0.465 e. The standard InChI is InChI=1S/C17H34N2O2/c1-2-3-4-5-6-7-8-9-10-11-12-13-14-21-17(20)15-16(18)19/h2-15H2,1H3,(H3,18,19). The van der Waals surface area contributed by atoms with E-state index in [1.807, 2.05) is 0 Å². The molecule has 124 valence electrons. The highest BCUT2D eigenvalue weighted by Gasteiger charge is 2.03. The number of amidine groups is 1. The summed E-state index contributed by atoms with van der Waals surface area (Å²) in [6, 6.07) is 0. The van der Waals surface area contributed by atoms with Gasteiger partial charge in [0.1, 0.15) is 12.3 Å². The molecular formula is C17H34N2O2. The summed E-state index contributed by atoms with van der Waals surface area (Å²) in [7, 11) is 0. The van der Waals surface area contributed by atoms with Gasteiger partial charge in [-0.3, -0.25) is 10.2 Å². The first kappa shape index (κ1) is 19.9. The van der Waals surface area contributed by atoms with Gasteiger partial charge in [0.15, 0.2) is 0 Å². The SMILES string of the molecule is CCCCCCCCCCCCCCOC(=O)CC(=N)N. The summed E-state index contributed by atoms with van der Waals surface area (Å²) in [5.41, 5.74) is 5.12. The number of hydrogen-bond donors (Lipinski definition) is 2. The molecule has 0 radical (unpaired) electrons. The van der Waals surface area contributed by atoms with Gasteiger partial charge in [-0.15, -0.1) is 0 Å². The van der Waals surface area contributed by atoms with Crippen molar-refractivity contribution in [2.75, 3.05) is 6.61 Å². The van der Waals surface area contributed by atoms with Gasteiger partial charge in [-0.1, -0.05) is 77.6 Å². The van der Waals surface area contributed by atoms with Crippen molar-refractivity contribution >= 4 is 11.8 Å². The Morgan fingerprint density at radius 3 is 1.71 bits per heavy atom. The number of hydrogen-bond acceptors (Lipinski definition) is 3. The number of ether oxygens (including phenoxy) is 1. The van der Waals surface area contributed by atoms with E-state index >= 15 is 0 Å². The Hall–Kier alpha value is -1.06. The van der Waals surface area contributed by atoms with Gasteiger partial charge in [0.05, 0.1) is 6.61 Å². The highest BCUT2D eigenvalue weighted by Crippen LogP contribution is 2.11. The number of esters is 1. The molecule has 0 fully saturated rings. The van der Waals surface area contributed by atoms with Crippen LogP contribution in [-0.2, 0) is 9.53 Å². The molecule has 0 amide bonds. The normalized spacial score (nSPS) is 10.5. The summed E-state index contributed by atoms with van der Waals surface area (Å²) in [5, 5.41) is 6.98. The van der Waals surface area contributed by atoms with Crippen molar-refractivity contribution in [3.8, 4) is 0 Å². The minimum atomic E-state index is -0.384. The lowest BCUT2D eigenvalue weighted by atomic mass is 10.1. The smallest absolute Gasteiger partial charge is 0.313 e. The zero-order valence-corrected chi connectivity index (χ0v) is 13.8. The van der Waals surface area contributed by atoms with E-state index in [4.69, 9.17) is 15.9 Å². The lowest BCUT2D eigenvalue weighted by molar-refractivity contribution is -0.142. The Labute approximate surface area is 130 Å². The molecule has 3 N–H and O–H groups in total. The van der Waals surface area contributed by atoms with Gasteiger partial charge in [0.25, 0.3) is 0 Å². The second-order valence-corrected chi connectivity index (χ2v) is 5.81. The van der Waals surface area contributed by atoms with E-state index in [2.05, 4.69) is 6.92 Å². The fourth-order valence-electron chi connectivity index (χ4n) is 2.34. The highest BCUT2D eigenvalue weighted by atomic mass is 16.5. The fourth-order valence-corrected chi connectivity index (χ4v) is 2.34. The van der Waals surface area contributed by atoms with Crippen LogP contribution in [0.1, 0.15) is 90.4 Å². The molecule has 0 atom stereocenters. The predicted octanol–water partition coefficient (Wildman–Crippen LogP) is 4.56. The molecule has 0 aliphatic carbocycles. The van der Waals surface area contributed by atoms with Crippen LogP contribution < -0.4 is 5.73 Å². The van der Waals surface area contributed by atoms with E-state index in [1.165, 1.54) is 64.2 Å². The molecular weight excluding hydrogens is 264 g/mol. The molecule has 0 unspecified atom stereocenters. The molecule has 0 aliphatic rings. The quantitative estimate of drug-likeness (QED) is 0.201. The van der Waals surface area contributed by atoms with Crippen molar-refractivity contribution in [3.63, 3.8) is 0 Å². The monoisotopic (exact) mass is 298 g/mol. The predicted molar refractivity (Wildman–Crippen MR) is 88.6 cm³/mol. The third-order valence-corrected chi connectivity index (χ3v) is 3.60. The van der Waals surface area contributed by atoms with Crippen LogP contribution in [0.3, 0.4) is 0 Å². The molecule has 4 heteroatoms. The molecule has 0 spiro atoms. The maximum atomic E-state index is 11.1. The molecule has 0 saturated heterocycles. The van der Waals surface area contributed by atoms with Crippen molar-refractivity contribution in [1.82, 2.24) is 0 Å². The maximum absolute atomic E-state index is 11.1. The first-order valence-corrected chi connectivity index (χ1v) is 8.65. The van der Waals surface area contributed by atoms with E-state index in [9.17, 15) is 4.79 Å². The minimum Gasteiger partial charge on any atom is -0.465 e. The van der Waals surface area contributed by atoms with Crippen LogP contribution in [0.15, 0.2) is 0 Å². The van der Waals surface area contributed by atoms with Crippen molar-refractivity contribution in [3.05, 3.63) is 0 Å². The second-order valence-electron chi connectivity index (χ2n) is 5.81. The number of nitrogens with one attached hydrogen (secondary N) is 1. The molecule has 0 aromatic carbocycles. The Kier molecular flexibility index (Phi) is 14.6.